The largest absolute Gasteiger partial charge is 0.396 e. The van der Waals surface area contributed by atoms with Crippen LogP contribution in [0, 0.1) is 5.92 Å². The number of nitrogens with one attached hydrogen (secondary N) is 1. The van der Waals surface area contributed by atoms with Gasteiger partial charge in [0.2, 0.25) is 0 Å². The van der Waals surface area contributed by atoms with Crippen LogP contribution in [0.3, 0.4) is 0 Å². The summed E-state index contributed by atoms with van der Waals surface area (Å²) in [5, 5.41) is 19.7. The van der Waals surface area contributed by atoms with Crippen LogP contribution in [0.1, 0.15) is 12.6 Å². The molecule has 1 aromatic heterocycles. The molecule has 0 aromatic carbocycles. The third-order valence-corrected chi connectivity index (χ3v) is 1.75. The fraction of sp³-hybridized carbons (Fsp3) is 0.750. The number of hydrogen-bond acceptors (Lipinski definition) is 4. The monoisotopic (exact) mass is 184 g/mol. The highest BCUT2D eigenvalue weighted by molar-refractivity contribution is 4.91. The fourth-order valence-corrected chi connectivity index (χ4v) is 1.07. The van der Waals surface area contributed by atoms with Crippen molar-refractivity contribution in [2.75, 3.05) is 13.7 Å². The molecule has 1 atom stereocenters. The van der Waals surface area contributed by atoms with Gasteiger partial charge in [-0.15, -0.1) is 5.10 Å². The van der Waals surface area contributed by atoms with Crippen molar-refractivity contribution >= 4 is 0 Å². The summed E-state index contributed by atoms with van der Waals surface area (Å²) in [6.45, 7) is 3.60. The van der Waals surface area contributed by atoms with Crippen LogP contribution >= 0.6 is 0 Å². The number of aliphatic hydroxyl groups is 1. The van der Waals surface area contributed by atoms with E-state index >= 15 is 0 Å². The smallest absolute Gasteiger partial charge is 0.0964 e. The molecule has 1 heterocycles. The summed E-state index contributed by atoms with van der Waals surface area (Å²) in [6, 6.07) is 0. The van der Waals surface area contributed by atoms with E-state index < -0.39 is 0 Å². The molecule has 0 aliphatic rings. The van der Waals surface area contributed by atoms with Crippen LogP contribution < -0.4 is 5.32 Å². The van der Waals surface area contributed by atoms with Gasteiger partial charge in [-0.25, -0.2) is 0 Å². The summed E-state index contributed by atoms with van der Waals surface area (Å²) in [5.74, 6) is 0.226. The van der Waals surface area contributed by atoms with Crippen LogP contribution in [0.15, 0.2) is 6.20 Å². The van der Waals surface area contributed by atoms with E-state index in [0.29, 0.717) is 6.54 Å². The molecule has 0 radical (unpaired) electrons. The number of aliphatic hydroxyl groups excluding tert-OH is 1. The first-order valence-electron chi connectivity index (χ1n) is 4.40. The third-order valence-electron chi connectivity index (χ3n) is 1.75. The number of rotatable bonds is 5. The Hall–Kier alpha value is -0.940. The van der Waals surface area contributed by atoms with E-state index in [1.807, 2.05) is 20.2 Å². The molecule has 0 fully saturated rings. The first-order chi connectivity index (χ1) is 6.26. The molecule has 13 heavy (non-hydrogen) atoms. The SMILES string of the molecule is CNCc1cn(CC(C)CO)nn1. The lowest BCUT2D eigenvalue weighted by atomic mass is 10.2. The summed E-state index contributed by atoms with van der Waals surface area (Å²) in [5.41, 5.74) is 0.924. The van der Waals surface area contributed by atoms with Crippen LogP contribution in [0.4, 0.5) is 0 Å². The second-order valence-corrected chi connectivity index (χ2v) is 3.25. The van der Waals surface area contributed by atoms with Gasteiger partial charge in [-0.1, -0.05) is 12.1 Å². The van der Waals surface area contributed by atoms with Gasteiger partial charge in [0.1, 0.15) is 0 Å². The summed E-state index contributed by atoms with van der Waals surface area (Å²) in [4.78, 5) is 0. The molecule has 1 unspecified atom stereocenters. The molecule has 74 valence electrons. The lowest BCUT2D eigenvalue weighted by Gasteiger charge is -2.05. The Morgan fingerprint density at radius 3 is 3.08 bits per heavy atom. The van der Waals surface area contributed by atoms with Crippen molar-refractivity contribution in [3.8, 4) is 0 Å². The molecule has 0 spiro atoms. The molecule has 0 saturated heterocycles. The molecular formula is C8H16N4O. The predicted molar refractivity (Wildman–Crippen MR) is 49.0 cm³/mol. The Bertz CT molecular complexity index is 248. The minimum Gasteiger partial charge on any atom is -0.396 e. The zero-order valence-electron chi connectivity index (χ0n) is 8.06. The van der Waals surface area contributed by atoms with Gasteiger partial charge in [-0.2, -0.15) is 0 Å². The first-order valence-corrected chi connectivity index (χ1v) is 4.40. The van der Waals surface area contributed by atoms with E-state index in [9.17, 15) is 0 Å². The fourth-order valence-electron chi connectivity index (χ4n) is 1.07. The van der Waals surface area contributed by atoms with Gasteiger partial charge in [-0.3, -0.25) is 4.68 Å². The molecular weight excluding hydrogens is 168 g/mol. The minimum absolute atomic E-state index is 0.182. The number of hydrogen-bond donors (Lipinski definition) is 2. The average molecular weight is 184 g/mol. The lowest BCUT2D eigenvalue weighted by Crippen LogP contribution is -2.11. The highest BCUT2D eigenvalue weighted by atomic mass is 16.3. The maximum Gasteiger partial charge on any atom is 0.0964 e. The maximum absolute atomic E-state index is 8.83. The Balaban J connectivity index is 2.48. The summed E-state index contributed by atoms with van der Waals surface area (Å²) < 4.78 is 1.76. The zero-order chi connectivity index (χ0) is 9.68. The third kappa shape index (κ3) is 3.12. The quantitative estimate of drug-likeness (QED) is 0.655. The Morgan fingerprint density at radius 1 is 1.69 bits per heavy atom. The Morgan fingerprint density at radius 2 is 2.46 bits per heavy atom. The highest BCUT2D eigenvalue weighted by Gasteiger charge is 2.03. The molecule has 5 heteroatoms. The normalized spacial score (nSPS) is 13.2. The average Bonchev–Trinajstić information content (AvgIpc) is 2.53. The highest BCUT2D eigenvalue weighted by Crippen LogP contribution is 1.99. The van der Waals surface area contributed by atoms with Crippen molar-refractivity contribution in [2.24, 2.45) is 5.92 Å². The molecule has 0 aliphatic carbocycles. The van der Waals surface area contributed by atoms with Crippen molar-refractivity contribution in [2.45, 2.75) is 20.0 Å². The summed E-state index contributed by atoms with van der Waals surface area (Å²) in [6.07, 6.45) is 1.89. The van der Waals surface area contributed by atoms with Crippen molar-refractivity contribution in [1.29, 1.82) is 0 Å². The topological polar surface area (TPSA) is 63.0 Å². The molecule has 2 N–H and O–H groups in total. The van der Waals surface area contributed by atoms with Gasteiger partial charge in [0.25, 0.3) is 0 Å². The van der Waals surface area contributed by atoms with Gasteiger partial charge >= 0.3 is 0 Å². The lowest BCUT2D eigenvalue weighted by molar-refractivity contribution is 0.218. The first kappa shape index (κ1) is 10.1. The molecule has 0 amide bonds. The van der Waals surface area contributed by atoms with Crippen LogP contribution in [0.2, 0.25) is 0 Å². The molecule has 1 rings (SSSR count). The van der Waals surface area contributed by atoms with Crippen molar-refractivity contribution in [3.05, 3.63) is 11.9 Å². The Kier molecular flexibility index (Phi) is 3.85. The van der Waals surface area contributed by atoms with E-state index in [0.717, 1.165) is 12.2 Å². The number of nitrogens with zero attached hydrogens (tertiary/aromatic N) is 3. The number of aromatic nitrogens is 3. The molecule has 0 bridgehead atoms. The predicted octanol–water partition coefficient (Wildman–Crippen LogP) is -0.374. The molecule has 1 aromatic rings. The van der Waals surface area contributed by atoms with Gasteiger partial charge in [0, 0.05) is 25.9 Å². The second kappa shape index (κ2) is 4.94. The van der Waals surface area contributed by atoms with Gasteiger partial charge in [0.05, 0.1) is 5.69 Å². The zero-order valence-corrected chi connectivity index (χ0v) is 8.06. The Labute approximate surface area is 77.8 Å². The molecule has 0 saturated carbocycles. The van der Waals surface area contributed by atoms with Gasteiger partial charge in [-0.05, 0) is 13.0 Å². The summed E-state index contributed by atoms with van der Waals surface area (Å²) in [7, 11) is 1.87. The second-order valence-electron chi connectivity index (χ2n) is 3.25. The van der Waals surface area contributed by atoms with Crippen molar-refractivity contribution in [3.63, 3.8) is 0 Å². The van der Waals surface area contributed by atoms with E-state index in [4.69, 9.17) is 5.11 Å². The molecule has 0 aliphatic heterocycles. The van der Waals surface area contributed by atoms with E-state index in [1.54, 1.807) is 4.68 Å². The van der Waals surface area contributed by atoms with E-state index in [2.05, 4.69) is 15.6 Å². The van der Waals surface area contributed by atoms with Gasteiger partial charge in [0.15, 0.2) is 0 Å². The van der Waals surface area contributed by atoms with Crippen LogP contribution in [0.25, 0.3) is 0 Å². The maximum atomic E-state index is 8.83. The molecule has 5 nitrogen and oxygen atoms in total. The van der Waals surface area contributed by atoms with Crippen LogP contribution in [0.5, 0.6) is 0 Å². The van der Waals surface area contributed by atoms with Crippen LogP contribution in [-0.4, -0.2) is 33.8 Å². The van der Waals surface area contributed by atoms with Gasteiger partial charge < -0.3 is 10.4 Å². The van der Waals surface area contributed by atoms with Crippen molar-refractivity contribution in [1.82, 2.24) is 20.3 Å². The van der Waals surface area contributed by atoms with E-state index in [-0.39, 0.29) is 12.5 Å². The summed E-state index contributed by atoms with van der Waals surface area (Å²) >= 11 is 0. The standard InChI is InChI=1S/C8H16N4O/c1-7(6-13)4-12-5-8(3-9-2)10-11-12/h5,7,9,13H,3-4,6H2,1-2H3. The van der Waals surface area contributed by atoms with Crippen LogP contribution in [-0.2, 0) is 13.1 Å². The van der Waals surface area contributed by atoms with Crippen molar-refractivity contribution < 1.29 is 5.11 Å². The minimum atomic E-state index is 0.182. The van der Waals surface area contributed by atoms with E-state index in [1.165, 1.54) is 0 Å².